The smallest absolute Gasteiger partial charge is 0.120 e. The van der Waals surface area contributed by atoms with Crippen molar-refractivity contribution >= 4 is 32.4 Å². The maximum absolute atomic E-state index is 10.5. The number of aromatic hydroxyl groups is 1. The Labute approximate surface area is 155 Å². The highest BCUT2D eigenvalue weighted by Crippen LogP contribution is 2.52. The fourth-order valence-electron chi connectivity index (χ4n) is 4.42. The average Bonchev–Trinajstić information content (AvgIpc) is 3.13. The number of rotatable bonds is 1. The zero-order valence-corrected chi connectivity index (χ0v) is 15.2. The summed E-state index contributed by atoms with van der Waals surface area (Å²) in [5, 5.41) is 16.8. The van der Waals surface area contributed by atoms with E-state index in [4.69, 9.17) is 0 Å². The second-order valence-electron chi connectivity index (χ2n) is 6.93. The van der Waals surface area contributed by atoms with Crippen molar-refractivity contribution in [2.75, 3.05) is 5.32 Å². The third kappa shape index (κ3) is 2.30. The summed E-state index contributed by atoms with van der Waals surface area (Å²) in [4.78, 5) is 0. The van der Waals surface area contributed by atoms with Crippen LogP contribution in [0.5, 0.6) is 5.75 Å². The monoisotopic (exact) mass is 391 g/mol. The lowest BCUT2D eigenvalue weighted by molar-refractivity contribution is 0.402. The maximum Gasteiger partial charge on any atom is 0.120 e. The van der Waals surface area contributed by atoms with Crippen molar-refractivity contribution in [1.29, 1.82) is 0 Å². The van der Waals surface area contributed by atoms with Crippen LogP contribution in [0.25, 0.3) is 10.8 Å². The van der Waals surface area contributed by atoms with Crippen molar-refractivity contribution in [1.82, 2.24) is 0 Å². The summed E-state index contributed by atoms with van der Waals surface area (Å²) < 4.78 is 0.994. The van der Waals surface area contributed by atoms with Gasteiger partial charge in [0.15, 0.2) is 0 Å². The van der Waals surface area contributed by atoms with Crippen LogP contribution in [0.1, 0.15) is 29.5 Å². The molecule has 3 atom stereocenters. The molecule has 124 valence electrons. The van der Waals surface area contributed by atoms with Crippen LogP contribution < -0.4 is 5.32 Å². The van der Waals surface area contributed by atoms with Gasteiger partial charge < -0.3 is 10.4 Å². The zero-order chi connectivity index (χ0) is 17.0. The highest BCUT2D eigenvalue weighted by atomic mass is 79.9. The van der Waals surface area contributed by atoms with E-state index in [1.807, 2.05) is 12.1 Å². The third-order valence-corrected chi connectivity index (χ3v) is 6.08. The molecule has 3 unspecified atom stereocenters. The molecule has 0 bridgehead atoms. The minimum absolute atomic E-state index is 0.0933. The lowest BCUT2D eigenvalue weighted by Gasteiger charge is -2.38. The molecule has 0 aromatic heterocycles. The molecule has 0 saturated heterocycles. The van der Waals surface area contributed by atoms with E-state index in [1.54, 1.807) is 6.07 Å². The topological polar surface area (TPSA) is 32.3 Å². The van der Waals surface area contributed by atoms with Crippen LogP contribution in [-0.4, -0.2) is 5.11 Å². The van der Waals surface area contributed by atoms with Crippen molar-refractivity contribution in [3.05, 3.63) is 82.3 Å². The number of nitrogens with one attached hydrogen (secondary N) is 1. The molecule has 25 heavy (non-hydrogen) atoms. The van der Waals surface area contributed by atoms with E-state index in [9.17, 15) is 5.11 Å². The zero-order valence-electron chi connectivity index (χ0n) is 13.6. The lowest BCUT2D eigenvalue weighted by Crippen LogP contribution is -2.29. The molecular formula is C22H18BrNO. The van der Waals surface area contributed by atoms with Gasteiger partial charge in [0, 0.05) is 27.0 Å². The third-order valence-electron chi connectivity index (χ3n) is 5.59. The van der Waals surface area contributed by atoms with E-state index in [2.05, 4.69) is 69.8 Å². The Balaban J connectivity index is 1.72. The first kappa shape index (κ1) is 15.0. The Bertz CT molecular complexity index is 1010. The SMILES string of the molecule is Oc1ccc(Br)cc1C1Nc2c(ccc3ccccc23)C2C=CCC21. The Kier molecular flexibility index (Phi) is 3.39. The number of phenolic OH excluding ortho intramolecular Hbond substituents is 1. The molecule has 3 aromatic rings. The van der Waals surface area contributed by atoms with Crippen LogP contribution in [0.4, 0.5) is 5.69 Å². The molecule has 2 N–H and O–H groups in total. The summed E-state index contributed by atoms with van der Waals surface area (Å²) in [7, 11) is 0. The van der Waals surface area contributed by atoms with Gasteiger partial charge in [-0.05, 0) is 41.5 Å². The molecule has 1 aliphatic heterocycles. The molecular weight excluding hydrogens is 374 g/mol. The van der Waals surface area contributed by atoms with Gasteiger partial charge in [-0.15, -0.1) is 0 Å². The highest BCUT2D eigenvalue weighted by molar-refractivity contribution is 9.10. The van der Waals surface area contributed by atoms with Crippen LogP contribution in [-0.2, 0) is 0 Å². The molecule has 0 amide bonds. The van der Waals surface area contributed by atoms with Crippen LogP contribution in [0.2, 0.25) is 0 Å². The molecule has 2 nitrogen and oxygen atoms in total. The number of allylic oxidation sites excluding steroid dienone is 2. The molecule has 0 fully saturated rings. The summed E-state index contributed by atoms with van der Waals surface area (Å²) in [5.41, 5.74) is 3.53. The normalized spacial score (nSPS) is 24.0. The van der Waals surface area contributed by atoms with Gasteiger partial charge in [0.2, 0.25) is 0 Å². The number of anilines is 1. The van der Waals surface area contributed by atoms with Gasteiger partial charge in [-0.25, -0.2) is 0 Å². The Morgan fingerprint density at radius 1 is 1.00 bits per heavy atom. The molecule has 1 heterocycles. The van der Waals surface area contributed by atoms with E-state index in [-0.39, 0.29) is 6.04 Å². The highest BCUT2D eigenvalue weighted by Gasteiger charge is 2.39. The van der Waals surface area contributed by atoms with Crippen LogP contribution >= 0.6 is 15.9 Å². The van der Waals surface area contributed by atoms with Gasteiger partial charge in [-0.1, -0.05) is 64.5 Å². The molecule has 2 aliphatic rings. The van der Waals surface area contributed by atoms with Crippen molar-refractivity contribution in [2.45, 2.75) is 18.4 Å². The van der Waals surface area contributed by atoms with Crippen molar-refractivity contribution in [3.63, 3.8) is 0 Å². The van der Waals surface area contributed by atoms with E-state index >= 15 is 0 Å². The van der Waals surface area contributed by atoms with Crippen LogP contribution in [0.3, 0.4) is 0 Å². The fraction of sp³-hybridized carbons (Fsp3) is 0.182. The van der Waals surface area contributed by atoms with E-state index in [0.29, 0.717) is 17.6 Å². The van der Waals surface area contributed by atoms with E-state index < -0.39 is 0 Å². The number of halogens is 1. The molecule has 0 spiro atoms. The number of fused-ring (bicyclic) bond motifs is 5. The van der Waals surface area contributed by atoms with Gasteiger partial charge in [0.05, 0.1) is 6.04 Å². The van der Waals surface area contributed by atoms with Crippen LogP contribution in [0.15, 0.2) is 71.2 Å². The molecule has 3 aromatic carbocycles. The summed E-state index contributed by atoms with van der Waals surface area (Å²) >= 11 is 3.55. The van der Waals surface area contributed by atoms with Crippen molar-refractivity contribution in [3.8, 4) is 5.75 Å². The summed E-state index contributed by atoms with van der Waals surface area (Å²) in [6.07, 6.45) is 5.64. The number of phenols is 1. The molecule has 5 rings (SSSR count). The number of hydrogen-bond donors (Lipinski definition) is 2. The van der Waals surface area contributed by atoms with Gasteiger partial charge in [-0.2, -0.15) is 0 Å². The minimum atomic E-state index is 0.0933. The average molecular weight is 392 g/mol. The van der Waals surface area contributed by atoms with Crippen LogP contribution in [0, 0.1) is 5.92 Å². The lowest BCUT2D eigenvalue weighted by atomic mass is 9.76. The van der Waals surface area contributed by atoms with E-state index in [1.165, 1.54) is 22.0 Å². The standard InChI is InChI=1S/C22H18BrNO/c23-14-9-11-20(25)19(12-14)22-17-7-3-6-16(17)18-10-8-13-4-1-2-5-15(13)21(18)24-22/h1-6,8-12,16-17,22,24-25H,7H2. The molecule has 3 heteroatoms. The largest absolute Gasteiger partial charge is 0.508 e. The first-order valence-electron chi connectivity index (χ1n) is 8.65. The Hall–Kier alpha value is -2.26. The maximum atomic E-state index is 10.5. The molecule has 0 radical (unpaired) electrons. The second-order valence-corrected chi connectivity index (χ2v) is 7.85. The predicted octanol–water partition coefficient (Wildman–Crippen LogP) is 6.13. The van der Waals surface area contributed by atoms with Gasteiger partial charge >= 0.3 is 0 Å². The van der Waals surface area contributed by atoms with Gasteiger partial charge in [0.25, 0.3) is 0 Å². The quantitative estimate of drug-likeness (QED) is 0.488. The molecule has 0 saturated carbocycles. The molecule has 1 aliphatic carbocycles. The first-order valence-corrected chi connectivity index (χ1v) is 9.45. The number of benzene rings is 3. The summed E-state index contributed by atoms with van der Waals surface area (Å²) in [6.45, 7) is 0. The Morgan fingerprint density at radius 2 is 1.88 bits per heavy atom. The van der Waals surface area contributed by atoms with Gasteiger partial charge in [0.1, 0.15) is 5.75 Å². The second kappa shape index (κ2) is 5.63. The summed E-state index contributed by atoms with van der Waals surface area (Å²) in [6, 6.07) is 18.8. The predicted molar refractivity (Wildman–Crippen MR) is 106 cm³/mol. The van der Waals surface area contributed by atoms with Crippen molar-refractivity contribution < 1.29 is 5.11 Å². The van der Waals surface area contributed by atoms with Crippen molar-refractivity contribution in [2.24, 2.45) is 5.92 Å². The van der Waals surface area contributed by atoms with Gasteiger partial charge in [-0.3, -0.25) is 0 Å². The van der Waals surface area contributed by atoms with E-state index in [0.717, 1.165) is 16.5 Å². The minimum Gasteiger partial charge on any atom is -0.508 e. The summed E-state index contributed by atoms with van der Waals surface area (Å²) in [5.74, 6) is 1.17. The Morgan fingerprint density at radius 3 is 2.80 bits per heavy atom. The fourth-order valence-corrected chi connectivity index (χ4v) is 4.80. The number of hydrogen-bond acceptors (Lipinski definition) is 2. The first-order chi connectivity index (χ1) is 12.2.